The summed E-state index contributed by atoms with van der Waals surface area (Å²) in [5.41, 5.74) is 7.89. The number of rotatable bonds is 6. The van der Waals surface area contributed by atoms with Crippen LogP contribution in [0.1, 0.15) is 39.3 Å². The number of nitrogen functional groups attached to an aromatic ring is 1. The van der Waals surface area contributed by atoms with Crippen molar-refractivity contribution in [3.63, 3.8) is 0 Å². The van der Waals surface area contributed by atoms with E-state index in [2.05, 4.69) is 30.8 Å². The summed E-state index contributed by atoms with van der Waals surface area (Å²) in [7, 11) is 0. The molecular formula is C12H24N4. The summed E-state index contributed by atoms with van der Waals surface area (Å²) in [5.74, 6) is 1.10. The summed E-state index contributed by atoms with van der Waals surface area (Å²) in [6.07, 6.45) is 2.21. The van der Waals surface area contributed by atoms with Crippen molar-refractivity contribution >= 4 is 11.5 Å². The molecule has 0 aliphatic carbocycles. The highest BCUT2D eigenvalue weighted by molar-refractivity contribution is 5.66. The first-order valence-corrected chi connectivity index (χ1v) is 6.23. The molecule has 0 atom stereocenters. The Morgan fingerprint density at radius 2 is 1.94 bits per heavy atom. The fraction of sp³-hybridized carbons (Fsp3) is 0.750. The van der Waals surface area contributed by atoms with Gasteiger partial charge >= 0.3 is 0 Å². The molecule has 0 aromatic carbocycles. The quantitative estimate of drug-likeness (QED) is 0.807. The average molecular weight is 224 g/mol. The Morgan fingerprint density at radius 3 is 2.44 bits per heavy atom. The number of aryl methyl sites for hydroxylation is 2. The van der Waals surface area contributed by atoms with Crippen LogP contribution in [-0.4, -0.2) is 22.9 Å². The molecule has 0 radical (unpaired) electrons. The fourth-order valence-electron chi connectivity index (χ4n) is 1.97. The van der Waals surface area contributed by atoms with Gasteiger partial charge in [0.05, 0.1) is 11.4 Å². The Balaban J connectivity index is 3.06. The van der Waals surface area contributed by atoms with Crippen LogP contribution in [0.25, 0.3) is 0 Å². The fourth-order valence-corrected chi connectivity index (χ4v) is 1.97. The molecule has 1 aromatic rings. The smallest absolute Gasteiger partial charge is 0.150 e. The van der Waals surface area contributed by atoms with Crippen molar-refractivity contribution < 1.29 is 0 Å². The number of anilines is 2. The monoisotopic (exact) mass is 224 g/mol. The summed E-state index contributed by atoms with van der Waals surface area (Å²) in [6.45, 7) is 11.4. The highest BCUT2D eigenvalue weighted by atomic mass is 15.4. The first-order chi connectivity index (χ1) is 7.65. The predicted molar refractivity (Wildman–Crippen MR) is 69.8 cm³/mol. The molecule has 92 valence electrons. The third-order valence-electron chi connectivity index (χ3n) is 2.76. The van der Waals surface area contributed by atoms with Crippen LogP contribution in [0.2, 0.25) is 0 Å². The molecule has 1 rings (SSSR count). The number of hydrogen-bond acceptors (Lipinski definition) is 3. The molecule has 0 amide bonds. The largest absolute Gasteiger partial charge is 0.394 e. The van der Waals surface area contributed by atoms with Crippen LogP contribution in [0.5, 0.6) is 0 Å². The van der Waals surface area contributed by atoms with Crippen LogP contribution in [-0.2, 0) is 6.54 Å². The lowest BCUT2D eigenvalue weighted by molar-refractivity contribution is 0.585. The zero-order valence-corrected chi connectivity index (χ0v) is 11.0. The minimum Gasteiger partial charge on any atom is -0.394 e. The molecule has 1 heterocycles. The molecule has 0 bridgehead atoms. The number of nitrogens with zero attached hydrogens (tertiary/aromatic N) is 3. The van der Waals surface area contributed by atoms with E-state index in [9.17, 15) is 0 Å². The summed E-state index contributed by atoms with van der Waals surface area (Å²) in [6, 6.07) is 0. The van der Waals surface area contributed by atoms with E-state index in [1.807, 2.05) is 11.6 Å². The van der Waals surface area contributed by atoms with Crippen molar-refractivity contribution in [1.82, 2.24) is 9.78 Å². The second kappa shape index (κ2) is 5.77. The lowest BCUT2D eigenvalue weighted by atomic mass is 10.3. The van der Waals surface area contributed by atoms with E-state index in [1.54, 1.807) is 0 Å². The van der Waals surface area contributed by atoms with E-state index in [-0.39, 0.29) is 0 Å². The maximum Gasteiger partial charge on any atom is 0.150 e. The van der Waals surface area contributed by atoms with Crippen molar-refractivity contribution in [3.8, 4) is 0 Å². The van der Waals surface area contributed by atoms with Gasteiger partial charge in [0.1, 0.15) is 0 Å². The van der Waals surface area contributed by atoms with Crippen LogP contribution < -0.4 is 10.6 Å². The minimum absolute atomic E-state index is 0.837. The van der Waals surface area contributed by atoms with Crippen LogP contribution in [0, 0.1) is 6.92 Å². The predicted octanol–water partition coefficient (Wildman–Crippen LogP) is 2.42. The van der Waals surface area contributed by atoms with E-state index in [1.165, 1.54) is 0 Å². The summed E-state index contributed by atoms with van der Waals surface area (Å²) in [5, 5.41) is 4.50. The van der Waals surface area contributed by atoms with Gasteiger partial charge in [-0.25, -0.2) is 4.68 Å². The molecule has 0 unspecified atom stereocenters. The lowest BCUT2D eigenvalue weighted by Gasteiger charge is -2.23. The standard InChI is InChI=1S/C12H24N4/c1-5-8-15(7-3)12-11(13)10(4)14-16(12)9-6-2/h5-9,13H2,1-4H3. The van der Waals surface area contributed by atoms with Gasteiger partial charge in [-0.05, 0) is 26.7 Å². The molecule has 4 heteroatoms. The highest BCUT2D eigenvalue weighted by Gasteiger charge is 2.16. The summed E-state index contributed by atoms with van der Waals surface area (Å²) >= 11 is 0. The molecule has 0 spiro atoms. The zero-order chi connectivity index (χ0) is 12.1. The van der Waals surface area contributed by atoms with Crippen molar-refractivity contribution in [1.29, 1.82) is 0 Å². The molecule has 0 fully saturated rings. The molecule has 16 heavy (non-hydrogen) atoms. The normalized spacial score (nSPS) is 10.8. The molecule has 0 aliphatic rings. The molecule has 0 saturated heterocycles. The van der Waals surface area contributed by atoms with Crippen molar-refractivity contribution in [3.05, 3.63) is 5.69 Å². The Morgan fingerprint density at radius 1 is 1.25 bits per heavy atom. The Labute approximate surface area is 98.4 Å². The van der Waals surface area contributed by atoms with Gasteiger partial charge in [0.2, 0.25) is 0 Å². The second-order valence-electron chi connectivity index (χ2n) is 4.13. The van der Waals surface area contributed by atoms with Gasteiger partial charge in [-0.3, -0.25) is 0 Å². The summed E-state index contributed by atoms with van der Waals surface area (Å²) in [4.78, 5) is 2.31. The van der Waals surface area contributed by atoms with Crippen LogP contribution in [0.3, 0.4) is 0 Å². The van der Waals surface area contributed by atoms with Crippen LogP contribution in [0.4, 0.5) is 11.5 Å². The molecule has 2 N–H and O–H groups in total. The molecule has 4 nitrogen and oxygen atoms in total. The third-order valence-corrected chi connectivity index (χ3v) is 2.76. The van der Waals surface area contributed by atoms with Gasteiger partial charge in [-0.15, -0.1) is 0 Å². The first-order valence-electron chi connectivity index (χ1n) is 6.23. The van der Waals surface area contributed by atoms with Gasteiger partial charge in [-0.1, -0.05) is 13.8 Å². The lowest BCUT2D eigenvalue weighted by Crippen LogP contribution is -2.27. The second-order valence-corrected chi connectivity index (χ2v) is 4.13. The molecule has 0 aliphatic heterocycles. The van der Waals surface area contributed by atoms with Gasteiger partial charge in [0.25, 0.3) is 0 Å². The Hall–Kier alpha value is -1.19. The van der Waals surface area contributed by atoms with E-state index in [4.69, 9.17) is 5.73 Å². The van der Waals surface area contributed by atoms with Crippen LogP contribution >= 0.6 is 0 Å². The van der Waals surface area contributed by atoms with Gasteiger partial charge in [0.15, 0.2) is 5.82 Å². The highest BCUT2D eigenvalue weighted by Crippen LogP contribution is 2.26. The third kappa shape index (κ3) is 2.49. The van der Waals surface area contributed by atoms with Crippen molar-refractivity contribution in [2.45, 2.75) is 47.1 Å². The Bertz CT molecular complexity index is 330. The topological polar surface area (TPSA) is 47.1 Å². The first kappa shape index (κ1) is 12.9. The number of nitrogens with two attached hydrogens (primary N) is 1. The Kier molecular flexibility index (Phi) is 4.65. The maximum absolute atomic E-state index is 6.12. The zero-order valence-electron chi connectivity index (χ0n) is 11.0. The van der Waals surface area contributed by atoms with E-state index < -0.39 is 0 Å². The van der Waals surface area contributed by atoms with E-state index >= 15 is 0 Å². The van der Waals surface area contributed by atoms with Crippen molar-refractivity contribution in [2.24, 2.45) is 0 Å². The number of hydrogen-bond donors (Lipinski definition) is 1. The number of aromatic nitrogens is 2. The molecule has 0 saturated carbocycles. The molecule has 1 aromatic heterocycles. The summed E-state index contributed by atoms with van der Waals surface area (Å²) < 4.78 is 2.05. The van der Waals surface area contributed by atoms with Crippen LogP contribution in [0.15, 0.2) is 0 Å². The van der Waals surface area contributed by atoms with Gasteiger partial charge in [-0.2, -0.15) is 5.10 Å². The van der Waals surface area contributed by atoms with E-state index in [0.29, 0.717) is 0 Å². The molecular weight excluding hydrogens is 200 g/mol. The maximum atomic E-state index is 6.12. The SMILES string of the molecule is CCCN(CC)c1c(N)c(C)nn1CCC. The van der Waals surface area contributed by atoms with Crippen molar-refractivity contribution in [2.75, 3.05) is 23.7 Å². The van der Waals surface area contributed by atoms with Gasteiger partial charge < -0.3 is 10.6 Å². The minimum atomic E-state index is 0.837. The van der Waals surface area contributed by atoms with E-state index in [0.717, 1.165) is 49.7 Å². The van der Waals surface area contributed by atoms with Gasteiger partial charge in [0, 0.05) is 19.6 Å². The average Bonchev–Trinajstić information content (AvgIpc) is 2.53.